The molecule has 5 nitrogen and oxygen atoms in total. The van der Waals surface area contributed by atoms with E-state index < -0.39 is 12.1 Å². The Morgan fingerprint density at radius 2 is 2.07 bits per heavy atom. The predicted molar refractivity (Wildman–Crippen MR) is 52.0 cm³/mol. The van der Waals surface area contributed by atoms with Gasteiger partial charge in [0.15, 0.2) is 17.6 Å². The summed E-state index contributed by atoms with van der Waals surface area (Å²) in [6, 6.07) is 4.26. The standard InChI is InChI=1S/C10H12O5/c1-14-8-5-6(3-4-7(8)11)9(15-2)10(12)13/h3-5,9,11H,1-2H3,(H,12,13). The Bertz CT molecular complexity index is 361. The Morgan fingerprint density at radius 1 is 1.40 bits per heavy atom. The van der Waals surface area contributed by atoms with Crippen LogP contribution in [0.15, 0.2) is 18.2 Å². The molecule has 0 spiro atoms. The van der Waals surface area contributed by atoms with E-state index in [1.54, 1.807) is 0 Å². The maximum absolute atomic E-state index is 10.8. The fourth-order valence-corrected chi connectivity index (χ4v) is 1.24. The molecule has 0 amide bonds. The van der Waals surface area contributed by atoms with Crippen molar-refractivity contribution in [3.63, 3.8) is 0 Å². The molecule has 82 valence electrons. The molecule has 2 N–H and O–H groups in total. The minimum Gasteiger partial charge on any atom is -0.504 e. The van der Waals surface area contributed by atoms with E-state index in [9.17, 15) is 9.90 Å². The highest BCUT2D eigenvalue weighted by Gasteiger charge is 2.20. The fraction of sp³-hybridized carbons (Fsp3) is 0.300. The van der Waals surface area contributed by atoms with Gasteiger partial charge in [-0.1, -0.05) is 6.07 Å². The lowest BCUT2D eigenvalue weighted by Gasteiger charge is -2.12. The number of aliphatic carboxylic acids is 1. The fourth-order valence-electron chi connectivity index (χ4n) is 1.24. The quantitative estimate of drug-likeness (QED) is 0.783. The van der Waals surface area contributed by atoms with Gasteiger partial charge >= 0.3 is 5.97 Å². The Morgan fingerprint density at radius 3 is 2.53 bits per heavy atom. The molecule has 0 aliphatic heterocycles. The van der Waals surface area contributed by atoms with Gasteiger partial charge in [-0.25, -0.2) is 4.79 Å². The lowest BCUT2D eigenvalue weighted by molar-refractivity contribution is -0.148. The molecule has 0 heterocycles. The maximum atomic E-state index is 10.8. The Balaban J connectivity index is 3.09. The minimum atomic E-state index is -1.09. The molecular weight excluding hydrogens is 200 g/mol. The summed E-state index contributed by atoms with van der Waals surface area (Å²) in [5, 5.41) is 18.1. The average molecular weight is 212 g/mol. The van der Waals surface area contributed by atoms with E-state index in [2.05, 4.69) is 0 Å². The van der Waals surface area contributed by atoms with Crippen molar-refractivity contribution >= 4 is 5.97 Å². The first-order chi connectivity index (χ1) is 7.10. The first-order valence-electron chi connectivity index (χ1n) is 4.22. The second-order valence-electron chi connectivity index (χ2n) is 2.89. The molecule has 0 aliphatic rings. The molecule has 1 aromatic carbocycles. The molecule has 15 heavy (non-hydrogen) atoms. The molecule has 0 aromatic heterocycles. The monoisotopic (exact) mass is 212 g/mol. The van der Waals surface area contributed by atoms with Gasteiger partial charge in [0, 0.05) is 7.11 Å². The normalized spacial score (nSPS) is 12.1. The SMILES string of the molecule is COc1cc(C(OC)C(=O)O)ccc1O. The van der Waals surface area contributed by atoms with E-state index in [1.807, 2.05) is 0 Å². The minimum absolute atomic E-state index is 0.0403. The first-order valence-corrected chi connectivity index (χ1v) is 4.22. The molecule has 0 saturated carbocycles. The van der Waals surface area contributed by atoms with Crippen LogP contribution in [0, 0.1) is 0 Å². The van der Waals surface area contributed by atoms with Crippen molar-refractivity contribution in [2.45, 2.75) is 6.10 Å². The number of phenolic OH excluding ortho intramolecular Hbond substituents is 1. The van der Waals surface area contributed by atoms with Gasteiger partial charge in [-0.2, -0.15) is 0 Å². The van der Waals surface area contributed by atoms with E-state index in [4.69, 9.17) is 14.6 Å². The molecule has 0 radical (unpaired) electrons. The lowest BCUT2D eigenvalue weighted by Crippen LogP contribution is -2.13. The van der Waals surface area contributed by atoms with Crippen LogP contribution in [0.25, 0.3) is 0 Å². The zero-order valence-corrected chi connectivity index (χ0v) is 8.43. The third-order valence-corrected chi connectivity index (χ3v) is 1.97. The summed E-state index contributed by atoms with van der Waals surface area (Å²) in [5.74, 6) is -0.914. The van der Waals surface area contributed by atoms with Crippen LogP contribution >= 0.6 is 0 Å². The van der Waals surface area contributed by atoms with Crippen LogP contribution in [0.3, 0.4) is 0 Å². The van der Waals surface area contributed by atoms with Crippen molar-refractivity contribution in [1.29, 1.82) is 0 Å². The number of hydrogen-bond acceptors (Lipinski definition) is 4. The number of methoxy groups -OCH3 is 2. The molecule has 0 fully saturated rings. The summed E-state index contributed by atoms with van der Waals surface area (Å²) in [7, 11) is 2.69. The van der Waals surface area contributed by atoms with Crippen molar-refractivity contribution < 1.29 is 24.5 Å². The number of carbonyl (C=O) groups is 1. The van der Waals surface area contributed by atoms with Crippen LogP contribution in [0.1, 0.15) is 11.7 Å². The van der Waals surface area contributed by atoms with E-state index in [0.29, 0.717) is 5.56 Å². The van der Waals surface area contributed by atoms with Crippen LogP contribution in [0.2, 0.25) is 0 Å². The van der Waals surface area contributed by atoms with Crippen LogP contribution < -0.4 is 4.74 Å². The number of aromatic hydroxyl groups is 1. The molecule has 5 heteroatoms. The van der Waals surface area contributed by atoms with Gasteiger partial charge in [-0.3, -0.25) is 0 Å². The van der Waals surface area contributed by atoms with Crippen LogP contribution in [-0.4, -0.2) is 30.4 Å². The summed E-state index contributed by atoms with van der Waals surface area (Å²) >= 11 is 0. The maximum Gasteiger partial charge on any atom is 0.337 e. The van der Waals surface area contributed by atoms with Gasteiger partial charge in [0.25, 0.3) is 0 Å². The highest BCUT2D eigenvalue weighted by Crippen LogP contribution is 2.29. The van der Waals surface area contributed by atoms with Crippen molar-refractivity contribution in [3.8, 4) is 11.5 Å². The van der Waals surface area contributed by atoms with Gasteiger partial charge in [0.2, 0.25) is 0 Å². The molecule has 1 aromatic rings. The number of phenols is 1. The van der Waals surface area contributed by atoms with Gasteiger partial charge < -0.3 is 19.7 Å². The number of benzene rings is 1. The van der Waals surface area contributed by atoms with Gasteiger partial charge in [-0.05, 0) is 17.7 Å². The summed E-state index contributed by atoms with van der Waals surface area (Å²) in [5.41, 5.74) is 0.416. The smallest absolute Gasteiger partial charge is 0.337 e. The molecule has 0 saturated heterocycles. The van der Waals surface area contributed by atoms with Crippen LogP contribution in [0.5, 0.6) is 11.5 Å². The Labute approximate surface area is 86.9 Å². The van der Waals surface area contributed by atoms with E-state index >= 15 is 0 Å². The predicted octanol–water partition coefficient (Wildman–Crippen LogP) is 1.17. The lowest BCUT2D eigenvalue weighted by atomic mass is 10.1. The van der Waals surface area contributed by atoms with Crippen molar-refractivity contribution in [2.75, 3.05) is 14.2 Å². The number of carboxylic acid groups (broad SMARTS) is 1. The van der Waals surface area contributed by atoms with E-state index in [0.717, 1.165) is 0 Å². The topological polar surface area (TPSA) is 76.0 Å². The summed E-state index contributed by atoms with van der Waals surface area (Å²) < 4.78 is 9.66. The first kappa shape index (κ1) is 11.3. The number of rotatable bonds is 4. The molecule has 1 unspecified atom stereocenters. The van der Waals surface area contributed by atoms with Crippen molar-refractivity contribution in [3.05, 3.63) is 23.8 Å². The summed E-state index contributed by atoms with van der Waals surface area (Å²) in [6.07, 6.45) is -1.06. The highest BCUT2D eigenvalue weighted by atomic mass is 16.5. The number of carboxylic acids is 1. The van der Waals surface area contributed by atoms with Gasteiger partial charge in [0.05, 0.1) is 7.11 Å². The van der Waals surface area contributed by atoms with E-state index in [-0.39, 0.29) is 11.5 Å². The van der Waals surface area contributed by atoms with Crippen molar-refractivity contribution in [2.24, 2.45) is 0 Å². The molecule has 0 aliphatic carbocycles. The second kappa shape index (κ2) is 4.65. The third kappa shape index (κ3) is 2.38. The Hall–Kier alpha value is -1.75. The van der Waals surface area contributed by atoms with Gasteiger partial charge in [-0.15, -0.1) is 0 Å². The van der Waals surface area contributed by atoms with E-state index in [1.165, 1.54) is 32.4 Å². The highest BCUT2D eigenvalue weighted by molar-refractivity contribution is 5.74. The summed E-state index contributed by atoms with van der Waals surface area (Å²) in [4.78, 5) is 10.8. The number of ether oxygens (including phenoxy) is 2. The largest absolute Gasteiger partial charge is 0.504 e. The van der Waals surface area contributed by atoms with Crippen molar-refractivity contribution in [1.82, 2.24) is 0 Å². The summed E-state index contributed by atoms with van der Waals surface area (Å²) in [6.45, 7) is 0. The zero-order chi connectivity index (χ0) is 11.4. The van der Waals surface area contributed by atoms with Crippen LogP contribution in [-0.2, 0) is 9.53 Å². The Kier molecular flexibility index (Phi) is 3.51. The number of hydrogen-bond donors (Lipinski definition) is 2. The zero-order valence-electron chi connectivity index (χ0n) is 8.43. The molecule has 1 rings (SSSR count). The second-order valence-corrected chi connectivity index (χ2v) is 2.89. The van der Waals surface area contributed by atoms with Gasteiger partial charge in [0.1, 0.15) is 0 Å². The molecule has 1 atom stereocenters. The average Bonchev–Trinajstić information content (AvgIpc) is 2.21. The molecule has 0 bridgehead atoms. The van der Waals surface area contributed by atoms with Crippen LogP contribution in [0.4, 0.5) is 0 Å². The third-order valence-electron chi connectivity index (χ3n) is 1.97. The molecular formula is C10H12O5.